The van der Waals surface area contributed by atoms with Crippen molar-refractivity contribution in [3.8, 4) is 28.8 Å². The van der Waals surface area contributed by atoms with Gasteiger partial charge in [-0.05, 0) is 57.2 Å². The Bertz CT molecular complexity index is 1420. The predicted octanol–water partition coefficient (Wildman–Crippen LogP) is 6.18. The van der Waals surface area contributed by atoms with Gasteiger partial charge in [0.2, 0.25) is 5.75 Å². The number of rotatable bonds is 7. The summed E-state index contributed by atoms with van der Waals surface area (Å²) in [5.74, 6) is 1.31. The normalized spacial score (nSPS) is 11.8. The summed E-state index contributed by atoms with van der Waals surface area (Å²) in [6.07, 6.45) is 1.47. The van der Waals surface area contributed by atoms with Crippen molar-refractivity contribution in [2.45, 2.75) is 31.2 Å². The molecule has 4 aromatic rings. The molecule has 0 saturated heterocycles. The van der Waals surface area contributed by atoms with Gasteiger partial charge in [0, 0.05) is 11.6 Å². The van der Waals surface area contributed by atoms with Crippen LogP contribution in [0, 0.1) is 0 Å². The third-order valence-corrected chi connectivity index (χ3v) is 7.22. The van der Waals surface area contributed by atoms with Gasteiger partial charge in [-0.25, -0.2) is 22.7 Å². The number of benzene rings is 2. The Labute approximate surface area is 209 Å². The third-order valence-electron chi connectivity index (χ3n) is 4.89. The highest BCUT2D eigenvalue weighted by Gasteiger charge is 2.39. The molecule has 0 radical (unpaired) electrons. The molecule has 0 amide bonds. The standard InChI is InChI=1S/C25H24ClN3O5S/c1-25(2,3)29(35(30,31)19-12-6-5-7-13-19)24-21(34-18-11-8-10-17(16-18)32-4)22(26)27-23(28-24)20-14-9-15-33-20/h5-16H,1-4H3. The Balaban J connectivity index is 1.97. The van der Waals surface area contributed by atoms with Crippen molar-refractivity contribution >= 4 is 27.4 Å². The average molecular weight is 514 g/mol. The summed E-state index contributed by atoms with van der Waals surface area (Å²) >= 11 is 6.59. The highest BCUT2D eigenvalue weighted by Crippen LogP contribution is 2.43. The highest BCUT2D eigenvalue weighted by atomic mass is 35.5. The summed E-state index contributed by atoms with van der Waals surface area (Å²) in [6.45, 7) is 5.27. The number of methoxy groups -OCH3 is 1. The number of nitrogens with zero attached hydrogens (tertiary/aromatic N) is 3. The van der Waals surface area contributed by atoms with Crippen LogP contribution in [0.5, 0.6) is 17.2 Å². The van der Waals surface area contributed by atoms with E-state index in [0.29, 0.717) is 17.3 Å². The number of furan rings is 1. The van der Waals surface area contributed by atoms with E-state index in [-0.39, 0.29) is 27.4 Å². The van der Waals surface area contributed by atoms with Crippen LogP contribution in [-0.2, 0) is 10.0 Å². The molecule has 0 fully saturated rings. The lowest BCUT2D eigenvalue weighted by Gasteiger charge is -2.36. The van der Waals surface area contributed by atoms with E-state index in [9.17, 15) is 8.42 Å². The van der Waals surface area contributed by atoms with Crippen molar-refractivity contribution in [2.75, 3.05) is 11.4 Å². The maximum absolute atomic E-state index is 13.9. The number of ether oxygens (including phenoxy) is 2. The predicted molar refractivity (Wildman–Crippen MR) is 134 cm³/mol. The molecule has 182 valence electrons. The molecule has 0 aliphatic rings. The van der Waals surface area contributed by atoms with E-state index >= 15 is 0 Å². The number of hydrogen-bond acceptors (Lipinski definition) is 7. The van der Waals surface area contributed by atoms with E-state index in [1.165, 1.54) is 29.8 Å². The van der Waals surface area contributed by atoms with Crippen LogP contribution in [0.4, 0.5) is 5.82 Å². The van der Waals surface area contributed by atoms with Crippen LogP contribution in [0.2, 0.25) is 5.15 Å². The van der Waals surface area contributed by atoms with Gasteiger partial charge in [-0.2, -0.15) is 0 Å². The molecule has 0 aliphatic heterocycles. The fourth-order valence-electron chi connectivity index (χ4n) is 3.43. The van der Waals surface area contributed by atoms with Crippen LogP contribution in [0.15, 0.2) is 82.3 Å². The topological polar surface area (TPSA) is 94.8 Å². The molecular weight excluding hydrogens is 490 g/mol. The molecule has 10 heteroatoms. The first-order chi connectivity index (χ1) is 16.6. The number of anilines is 1. The van der Waals surface area contributed by atoms with Gasteiger partial charge in [-0.3, -0.25) is 0 Å². The van der Waals surface area contributed by atoms with Gasteiger partial charge < -0.3 is 13.9 Å². The molecule has 0 spiro atoms. The van der Waals surface area contributed by atoms with Crippen molar-refractivity contribution < 1.29 is 22.3 Å². The van der Waals surface area contributed by atoms with Gasteiger partial charge in [0.25, 0.3) is 10.0 Å². The van der Waals surface area contributed by atoms with Crippen LogP contribution in [0.25, 0.3) is 11.6 Å². The third kappa shape index (κ3) is 5.11. The quantitative estimate of drug-likeness (QED) is 0.272. The first-order valence-corrected chi connectivity index (χ1v) is 12.5. The second-order valence-electron chi connectivity index (χ2n) is 8.50. The number of aromatic nitrogens is 2. The summed E-state index contributed by atoms with van der Waals surface area (Å²) < 4.78 is 45.8. The largest absolute Gasteiger partial charge is 0.497 e. The summed E-state index contributed by atoms with van der Waals surface area (Å²) in [4.78, 5) is 8.99. The molecule has 8 nitrogen and oxygen atoms in total. The van der Waals surface area contributed by atoms with E-state index in [1.807, 2.05) is 0 Å². The molecule has 2 aromatic heterocycles. The molecule has 4 rings (SSSR count). The van der Waals surface area contributed by atoms with Gasteiger partial charge >= 0.3 is 0 Å². The second-order valence-corrected chi connectivity index (χ2v) is 10.6. The van der Waals surface area contributed by atoms with E-state index in [2.05, 4.69) is 9.97 Å². The SMILES string of the molecule is COc1cccc(Oc2c(Cl)nc(-c3ccco3)nc2N(C(C)(C)C)S(=O)(=O)c2ccccc2)c1. The Hall–Kier alpha value is -3.56. The molecular formula is C25H24ClN3O5S. The minimum absolute atomic E-state index is 0.0235. The fourth-order valence-corrected chi connectivity index (χ4v) is 5.41. The maximum atomic E-state index is 13.9. The molecule has 0 unspecified atom stereocenters. The van der Waals surface area contributed by atoms with E-state index in [0.717, 1.165) is 0 Å². The summed E-state index contributed by atoms with van der Waals surface area (Å²) in [5, 5.41) is -0.0817. The first-order valence-electron chi connectivity index (χ1n) is 10.6. The van der Waals surface area contributed by atoms with E-state index < -0.39 is 15.6 Å². The van der Waals surface area contributed by atoms with E-state index in [1.54, 1.807) is 75.4 Å². The van der Waals surface area contributed by atoms with Gasteiger partial charge in [0.15, 0.2) is 22.6 Å². The minimum atomic E-state index is -4.09. The van der Waals surface area contributed by atoms with Crippen LogP contribution >= 0.6 is 11.6 Å². The summed E-state index contributed by atoms with van der Waals surface area (Å²) in [5.41, 5.74) is -0.959. The van der Waals surface area contributed by atoms with Crippen molar-refractivity contribution in [1.29, 1.82) is 0 Å². The molecule has 0 N–H and O–H groups in total. The lowest BCUT2D eigenvalue weighted by atomic mass is 10.1. The Morgan fingerprint density at radius 1 is 0.943 bits per heavy atom. The van der Waals surface area contributed by atoms with Crippen molar-refractivity contribution in [3.05, 3.63) is 78.1 Å². The average Bonchev–Trinajstić information content (AvgIpc) is 3.36. The van der Waals surface area contributed by atoms with Crippen molar-refractivity contribution in [3.63, 3.8) is 0 Å². The minimum Gasteiger partial charge on any atom is -0.497 e. The highest BCUT2D eigenvalue weighted by molar-refractivity contribution is 7.92. The summed E-state index contributed by atoms with van der Waals surface area (Å²) in [6, 6.07) is 18.3. The Kier molecular flexibility index (Phi) is 6.73. The van der Waals surface area contributed by atoms with Crippen LogP contribution in [0.3, 0.4) is 0 Å². The second kappa shape index (κ2) is 9.59. The van der Waals surface area contributed by atoms with Gasteiger partial charge in [-0.1, -0.05) is 35.9 Å². The fraction of sp³-hybridized carbons (Fsp3) is 0.200. The first kappa shape index (κ1) is 24.6. The maximum Gasteiger partial charge on any atom is 0.266 e. The summed E-state index contributed by atoms with van der Waals surface area (Å²) in [7, 11) is -2.56. The number of sulfonamides is 1. The molecule has 0 aliphatic carbocycles. The molecule has 0 saturated carbocycles. The number of hydrogen-bond donors (Lipinski definition) is 0. The van der Waals surface area contributed by atoms with Crippen molar-refractivity contribution in [1.82, 2.24) is 9.97 Å². The smallest absolute Gasteiger partial charge is 0.266 e. The van der Waals surface area contributed by atoms with Crippen LogP contribution in [-0.4, -0.2) is 31.0 Å². The molecule has 2 aromatic carbocycles. The Morgan fingerprint density at radius 2 is 1.66 bits per heavy atom. The monoisotopic (exact) mass is 513 g/mol. The molecule has 2 heterocycles. The molecule has 0 bridgehead atoms. The van der Waals surface area contributed by atoms with Crippen molar-refractivity contribution in [2.24, 2.45) is 0 Å². The van der Waals surface area contributed by atoms with E-state index in [4.69, 9.17) is 25.5 Å². The van der Waals surface area contributed by atoms with Gasteiger partial charge in [0.05, 0.1) is 18.3 Å². The van der Waals surface area contributed by atoms with Crippen LogP contribution in [0.1, 0.15) is 20.8 Å². The lowest BCUT2D eigenvalue weighted by Crippen LogP contribution is -2.46. The molecule has 0 atom stereocenters. The molecule has 35 heavy (non-hydrogen) atoms. The zero-order valence-corrected chi connectivity index (χ0v) is 21.2. The van der Waals surface area contributed by atoms with Crippen LogP contribution < -0.4 is 13.8 Å². The lowest BCUT2D eigenvalue weighted by molar-refractivity contribution is 0.408. The zero-order chi connectivity index (χ0) is 25.2. The Morgan fingerprint density at radius 3 is 2.29 bits per heavy atom. The van der Waals surface area contributed by atoms with Gasteiger partial charge in [-0.15, -0.1) is 0 Å². The number of halogens is 1. The van der Waals surface area contributed by atoms with Gasteiger partial charge in [0.1, 0.15) is 11.5 Å². The zero-order valence-electron chi connectivity index (χ0n) is 19.6.